The van der Waals surface area contributed by atoms with Gasteiger partial charge < -0.3 is 19.5 Å². The van der Waals surface area contributed by atoms with Crippen LogP contribution in [-0.4, -0.2) is 32.7 Å². The molecule has 0 amide bonds. The molecule has 1 N–H and O–H groups in total. The van der Waals surface area contributed by atoms with Crippen LogP contribution < -0.4 is 14.7 Å². The van der Waals surface area contributed by atoms with E-state index in [1.54, 1.807) is 18.2 Å². The number of rotatable bonds is 9. The van der Waals surface area contributed by atoms with Crippen LogP contribution in [0.2, 0.25) is 0 Å². The van der Waals surface area contributed by atoms with Gasteiger partial charge in [0.05, 0.1) is 32.7 Å². The maximum Gasteiger partial charge on any atom is 0.128 e. The minimum atomic E-state index is -1.19. The lowest BCUT2D eigenvalue weighted by Gasteiger charge is -2.15. The Morgan fingerprint density at radius 3 is 2.63 bits per heavy atom. The minimum Gasteiger partial charge on any atom is -0.545 e. The summed E-state index contributed by atoms with van der Waals surface area (Å²) in [5.74, 6) is -0.796. The molecule has 0 aliphatic heterocycles. The van der Waals surface area contributed by atoms with E-state index < -0.39 is 5.97 Å². The first-order valence-electron chi connectivity index (χ1n) is 6.89. The molecule has 0 heterocycles. The number of hydrogen-bond donors (Lipinski definition) is 1. The summed E-state index contributed by atoms with van der Waals surface area (Å²) in [4.78, 5) is 12.4. The Kier molecular flexibility index (Phi) is 6.97. The second-order valence-corrected chi connectivity index (χ2v) is 4.80. The average molecular weight is 265 g/mol. The zero-order valence-corrected chi connectivity index (χ0v) is 11.8. The summed E-state index contributed by atoms with van der Waals surface area (Å²) < 4.78 is 5.52. The lowest BCUT2D eigenvalue weighted by atomic mass is 10.2. The van der Waals surface area contributed by atoms with E-state index in [4.69, 9.17) is 4.74 Å². The molecule has 4 heteroatoms. The predicted molar refractivity (Wildman–Crippen MR) is 72.4 cm³/mol. The van der Waals surface area contributed by atoms with Crippen molar-refractivity contribution in [2.75, 3.05) is 26.7 Å². The number of carbonyl (C=O) groups is 1. The summed E-state index contributed by atoms with van der Waals surface area (Å²) in [6, 6.07) is 6.60. The first-order chi connectivity index (χ1) is 9.15. The molecule has 1 aromatic carbocycles. The number of hydrogen-bond acceptors (Lipinski definition) is 3. The SMILES string of the molecule is CCCC[NH+](C)CCCOc1ccccc1C(=O)[O-]. The van der Waals surface area contributed by atoms with Crippen LogP contribution in [0, 0.1) is 0 Å². The molecule has 4 nitrogen and oxygen atoms in total. The molecule has 1 rings (SSSR count). The Morgan fingerprint density at radius 2 is 1.95 bits per heavy atom. The van der Waals surface area contributed by atoms with Gasteiger partial charge in [0.15, 0.2) is 0 Å². The maximum absolute atomic E-state index is 10.9. The van der Waals surface area contributed by atoms with E-state index >= 15 is 0 Å². The van der Waals surface area contributed by atoms with Crippen molar-refractivity contribution in [2.45, 2.75) is 26.2 Å². The van der Waals surface area contributed by atoms with Crippen LogP contribution in [0.15, 0.2) is 24.3 Å². The van der Waals surface area contributed by atoms with E-state index in [-0.39, 0.29) is 5.56 Å². The molecule has 0 aromatic heterocycles. The number of unbranched alkanes of at least 4 members (excludes halogenated alkanes) is 1. The molecule has 1 atom stereocenters. The predicted octanol–water partition coefficient (Wildman–Crippen LogP) is 0.134. The van der Waals surface area contributed by atoms with E-state index in [0.717, 1.165) is 13.0 Å². The van der Waals surface area contributed by atoms with E-state index in [0.29, 0.717) is 12.4 Å². The molecule has 0 aliphatic carbocycles. The molecule has 0 fully saturated rings. The Balaban J connectivity index is 2.31. The molecule has 0 spiro atoms. The number of aromatic carboxylic acids is 1. The van der Waals surface area contributed by atoms with Gasteiger partial charge in [0.25, 0.3) is 0 Å². The van der Waals surface area contributed by atoms with Crippen molar-refractivity contribution >= 4 is 5.97 Å². The molecule has 0 saturated carbocycles. The first-order valence-corrected chi connectivity index (χ1v) is 6.89. The van der Waals surface area contributed by atoms with Crippen LogP contribution >= 0.6 is 0 Å². The van der Waals surface area contributed by atoms with Crippen molar-refractivity contribution in [3.05, 3.63) is 29.8 Å². The van der Waals surface area contributed by atoms with Crippen LogP contribution in [0.1, 0.15) is 36.5 Å². The van der Waals surface area contributed by atoms with E-state index in [9.17, 15) is 9.90 Å². The van der Waals surface area contributed by atoms with Crippen LogP contribution in [-0.2, 0) is 0 Å². The second kappa shape index (κ2) is 8.53. The topological polar surface area (TPSA) is 53.8 Å². The van der Waals surface area contributed by atoms with E-state index in [2.05, 4.69) is 14.0 Å². The third-order valence-electron chi connectivity index (χ3n) is 3.07. The van der Waals surface area contributed by atoms with Crippen molar-refractivity contribution in [1.82, 2.24) is 0 Å². The van der Waals surface area contributed by atoms with Gasteiger partial charge >= 0.3 is 0 Å². The van der Waals surface area contributed by atoms with Crippen molar-refractivity contribution in [3.63, 3.8) is 0 Å². The van der Waals surface area contributed by atoms with Crippen molar-refractivity contribution in [2.24, 2.45) is 0 Å². The molecule has 1 aromatic rings. The van der Waals surface area contributed by atoms with Gasteiger partial charge in [0.1, 0.15) is 5.75 Å². The molecular weight excluding hydrogens is 242 g/mol. The number of nitrogens with one attached hydrogen (secondary N) is 1. The smallest absolute Gasteiger partial charge is 0.128 e. The van der Waals surface area contributed by atoms with Crippen LogP contribution in [0.25, 0.3) is 0 Å². The normalized spacial score (nSPS) is 12.1. The fraction of sp³-hybridized carbons (Fsp3) is 0.533. The van der Waals surface area contributed by atoms with Gasteiger partial charge in [0, 0.05) is 12.0 Å². The summed E-state index contributed by atoms with van der Waals surface area (Å²) >= 11 is 0. The lowest BCUT2D eigenvalue weighted by molar-refractivity contribution is -0.880. The Labute approximate surface area is 115 Å². The van der Waals surface area contributed by atoms with Crippen LogP contribution in [0.3, 0.4) is 0 Å². The minimum absolute atomic E-state index is 0.120. The highest BCUT2D eigenvalue weighted by Crippen LogP contribution is 2.16. The Bertz CT molecular complexity index is 393. The van der Waals surface area contributed by atoms with Crippen LogP contribution in [0.5, 0.6) is 5.75 Å². The van der Waals surface area contributed by atoms with Gasteiger partial charge in [-0.05, 0) is 18.6 Å². The summed E-state index contributed by atoms with van der Waals surface area (Å²) in [5.41, 5.74) is 0.120. The second-order valence-electron chi connectivity index (χ2n) is 4.80. The number of para-hydroxylation sites is 1. The molecule has 0 aliphatic rings. The summed E-state index contributed by atoms with van der Waals surface area (Å²) in [6.45, 7) is 4.93. The number of ether oxygens (including phenoxy) is 1. The highest BCUT2D eigenvalue weighted by molar-refractivity contribution is 5.89. The Hall–Kier alpha value is -1.55. The summed E-state index contributed by atoms with van der Waals surface area (Å²) in [7, 11) is 2.17. The molecule has 0 saturated heterocycles. The molecule has 0 bridgehead atoms. The number of quaternary nitrogens is 1. The van der Waals surface area contributed by atoms with Crippen LogP contribution in [0.4, 0.5) is 0 Å². The van der Waals surface area contributed by atoms with Gasteiger partial charge in [-0.3, -0.25) is 0 Å². The third-order valence-corrected chi connectivity index (χ3v) is 3.07. The molecular formula is C15H23NO3. The fourth-order valence-corrected chi connectivity index (χ4v) is 1.92. The standard InChI is InChI=1S/C15H23NO3/c1-3-4-10-16(2)11-7-12-19-14-9-6-5-8-13(14)15(17)18/h5-6,8-9H,3-4,7,10-12H2,1-2H3,(H,17,18). The molecule has 106 valence electrons. The summed E-state index contributed by atoms with van der Waals surface area (Å²) in [5, 5.41) is 10.9. The zero-order chi connectivity index (χ0) is 14.1. The highest BCUT2D eigenvalue weighted by atomic mass is 16.5. The number of carboxylic acids is 1. The molecule has 1 unspecified atom stereocenters. The average Bonchev–Trinajstić information content (AvgIpc) is 2.41. The first kappa shape index (κ1) is 15.5. The molecule has 19 heavy (non-hydrogen) atoms. The summed E-state index contributed by atoms with van der Waals surface area (Å²) in [6.07, 6.45) is 3.37. The van der Waals surface area contributed by atoms with E-state index in [1.807, 2.05) is 0 Å². The van der Waals surface area contributed by atoms with Gasteiger partial charge in [-0.25, -0.2) is 0 Å². The highest BCUT2D eigenvalue weighted by Gasteiger charge is 2.05. The quantitative estimate of drug-likeness (QED) is 0.646. The molecule has 0 radical (unpaired) electrons. The zero-order valence-electron chi connectivity index (χ0n) is 11.8. The van der Waals surface area contributed by atoms with Crippen molar-refractivity contribution in [3.8, 4) is 5.75 Å². The van der Waals surface area contributed by atoms with Crippen molar-refractivity contribution < 1.29 is 19.5 Å². The van der Waals surface area contributed by atoms with Crippen molar-refractivity contribution in [1.29, 1.82) is 0 Å². The number of carbonyl (C=O) groups excluding carboxylic acids is 1. The largest absolute Gasteiger partial charge is 0.545 e. The maximum atomic E-state index is 10.9. The van der Waals surface area contributed by atoms with E-state index in [1.165, 1.54) is 30.4 Å². The lowest BCUT2D eigenvalue weighted by Crippen LogP contribution is -3.09. The number of benzene rings is 1. The monoisotopic (exact) mass is 265 g/mol. The van der Waals surface area contributed by atoms with Gasteiger partial charge in [-0.15, -0.1) is 0 Å². The third kappa shape index (κ3) is 5.75. The van der Waals surface area contributed by atoms with Gasteiger partial charge in [-0.2, -0.15) is 0 Å². The van der Waals surface area contributed by atoms with Gasteiger partial charge in [0.2, 0.25) is 0 Å². The van der Waals surface area contributed by atoms with Gasteiger partial charge in [-0.1, -0.05) is 25.5 Å². The fourth-order valence-electron chi connectivity index (χ4n) is 1.92. The number of carboxylic acid groups (broad SMARTS) is 1. The Morgan fingerprint density at radius 1 is 1.26 bits per heavy atom.